The molecule has 0 aliphatic heterocycles. The van der Waals surface area contributed by atoms with Gasteiger partial charge in [0.15, 0.2) is 5.65 Å². The van der Waals surface area contributed by atoms with Gasteiger partial charge in [-0.2, -0.15) is 19.7 Å². The molecule has 0 aliphatic rings. The number of rotatable bonds is 18. The lowest BCUT2D eigenvalue weighted by molar-refractivity contribution is -0.107. The van der Waals surface area contributed by atoms with Crippen LogP contribution in [0.2, 0.25) is 5.02 Å². The number of methoxy groups -OCH3 is 1. The zero-order chi connectivity index (χ0) is 27.2. The van der Waals surface area contributed by atoms with Crippen molar-refractivity contribution in [1.29, 1.82) is 0 Å². The van der Waals surface area contributed by atoms with Gasteiger partial charge in [-0.05, 0) is 11.6 Å². The van der Waals surface area contributed by atoms with Crippen LogP contribution >= 0.6 is 11.6 Å². The van der Waals surface area contributed by atoms with E-state index in [2.05, 4.69) is 21.0 Å². The summed E-state index contributed by atoms with van der Waals surface area (Å²) in [6.45, 7) is 4.08. The minimum absolute atomic E-state index is 0.0539. The van der Waals surface area contributed by atoms with Gasteiger partial charge in [0.2, 0.25) is 0 Å². The first kappa shape index (κ1) is 29.5. The maximum Gasteiger partial charge on any atom is 0.320 e. The molecule has 0 saturated carbocycles. The van der Waals surface area contributed by atoms with E-state index >= 15 is 0 Å². The zero-order valence-electron chi connectivity index (χ0n) is 21.2. The molecule has 206 valence electrons. The normalized spacial score (nSPS) is 11.3. The van der Waals surface area contributed by atoms with E-state index in [1.807, 2.05) is 29.2 Å². The van der Waals surface area contributed by atoms with Gasteiger partial charge in [0.1, 0.15) is 12.4 Å². The molecule has 0 spiro atoms. The van der Waals surface area contributed by atoms with Crippen LogP contribution in [0.25, 0.3) is 11.0 Å². The zero-order valence-corrected chi connectivity index (χ0v) is 21.9. The molecule has 3 rings (SSSR count). The van der Waals surface area contributed by atoms with Crippen molar-refractivity contribution in [2.75, 3.05) is 71.4 Å². The van der Waals surface area contributed by atoms with E-state index in [0.29, 0.717) is 75.6 Å². The number of benzene rings is 1. The highest BCUT2D eigenvalue weighted by Gasteiger charge is 2.21. The Morgan fingerprint density at radius 2 is 1.66 bits per heavy atom. The molecule has 0 bridgehead atoms. The molecule has 0 radical (unpaired) electrons. The number of ether oxygens (including phenoxy) is 5. The number of halogens is 1. The molecule has 0 fully saturated rings. The molecule has 13 heteroatoms. The Labute approximate surface area is 226 Å². The third kappa shape index (κ3) is 8.78. The Kier molecular flexibility index (Phi) is 12.5. The number of aliphatic hydroxyl groups excluding tert-OH is 1. The molecule has 3 aromatic rings. The van der Waals surface area contributed by atoms with Crippen molar-refractivity contribution >= 4 is 28.5 Å². The summed E-state index contributed by atoms with van der Waals surface area (Å²) in [5.74, 6) is 2.88. The van der Waals surface area contributed by atoms with Crippen LogP contribution in [0, 0.1) is 12.3 Å². The first-order valence-electron chi connectivity index (χ1n) is 11.9. The van der Waals surface area contributed by atoms with Crippen LogP contribution in [0.5, 0.6) is 6.01 Å². The fraction of sp³-hybridized carbons (Fsp3) is 0.480. The van der Waals surface area contributed by atoms with Gasteiger partial charge in [-0.15, -0.1) is 6.42 Å². The molecule has 0 saturated heterocycles. The molecule has 1 aromatic carbocycles. The number of aliphatic hydroxyl groups is 2. The Bertz CT molecular complexity index is 1170. The molecular weight excluding hydrogens is 518 g/mol. The number of nitrogens with zero attached hydrogens (tertiary/aromatic N) is 5. The SMILES string of the molecule is C#CCOCCOCCOCCOCCN(Cc1ccccc1Cl)c1nc(OC)nc2c1cnn2C(O)O. The van der Waals surface area contributed by atoms with E-state index in [9.17, 15) is 10.2 Å². The molecule has 2 N–H and O–H groups in total. The molecule has 0 unspecified atom stereocenters. The lowest BCUT2D eigenvalue weighted by atomic mass is 10.2. The average Bonchev–Trinajstić information content (AvgIpc) is 3.35. The van der Waals surface area contributed by atoms with Crippen LogP contribution in [0.1, 0.15) is 12.0 Å². The van der Waals surface area contributed by atoms with E-state index in [4.69, 9.17) is 41.7 Å². The summed E-state index contributed by atoms with van der Waals surface area (Å²) in [6.07, 6.45) is 4.71. The van der Waals surface area contributed by atoms with Gasteiger partial charge in [-0.25, -0.2) is 0 Å². The molecule has 2 heterocycles. The largest absolute Gasteiger partial charge is 0.467 e. The highest BCUT2D eigenvalue weighted by molar-refractivity contribution is 6.31. The van der Waals surface area contributed by atoms with Crippen LogP contribution in [0.15, 0.2) is 30.5 Å². The summed E-state index contributed by atoms with van der Waals surface area (Å²) in [7, 11) is 1.43. The van der Waals surface area contributed by atoms with Crippen LogP contribution < -0.4 is 9.64 Å². The Morgan fingerprint density at radius 3 is 2.29 bits per heavy atom. The van der Waals surface area contributed by atoms with E-state index in [0.717, 1.165) is 10.2 Å². The third-order valence-corrected chi connectivity index (χ3v) is 5.61. The van der Waals surface area contributed by atoms with Crippen LogP contribution in [-0.4, -0.2) is 96.5 Å². The minimum atomic E-state index is -1.87. The maximum atomic E-state index is 9.68. The summed E-state index contributed by atoms with van der Waals surface area (Å²) in [4.78, 5) is 10.7. The quantitative estimate of drug-likeness (QED) is 0.136. The second-order valence-corrected chi connectivity index (χ2v) is 8.22. The first-order chi connectivity index (χ1) is 18.5. The van der Waals surface area contributed by atoms with Crippen LogP contribution in [0.3, 0.4) is 0 Å². The molecular formula is C25H32ClN5O7. The van der Waals surface area contributed by atoms with Crippen molar-refractivity contribution in [3.63, 3.8) is 0 Å². The molecule has 0 amide bonds. The minimum Gasteiger partial charge on any atom is -0.467 e. The van der Waals surface area contributed by atoms with Crippen molar-refractivity contribution < 1.29 is 33.9 Å². The monoisotopic (exact) mass is 549 g/mol. The standard InChI is InChI=1S/C25H32ClN5O7/c1-3-9-35-11-13-37-15-16-38-14-12-36-10-8-30(18-19-6-4-5-7-21(19)26)22-20-17-27-31(25(32)33)23(20)29-24(28-22)34-2/h1,4-7,17,25,32-33H,8-16,18H2,2H3. The number of terminal acetylenes is 1. The smallest absolute Gasteiger partial charge is 0.320 e. The van der Waals surface area contributed by atoms with Gasteiger partial charge in [-0.1, -0.05) is 35.7 Å². The van der Waals surface area contributed by atoms with Gasteiger partial charge in [0.25, 0.3) is 6.41 Å². The van der Waals surface area contributed by atoms with Crippen molar-refractivity contribution in [1.82, 2.24) is 19.7 Å². The van der Waals surface area contributed by atoms with Crippen molar-refractivity contribution in [3.8, 4) is 18.4 Å². The van der Waals surface area contributed by atoms with Gasteiger partial charge in [0.05, 0.1) is 64.9 Å². The van der Waals surface area contributed by atoms with Gasteiger partial charge < -0.3 is 38.8 Å². The van der Waals surface area contributed by atoms with Crippen molar-refractivity contribution in [2.45, 2.75) is 13.0 Å². The number of anilines is 1. The Morgan fingerprint density at radius 1 is 1.00 bits per heavy atom. The van der Waals surface area contributed by atoms with E-state index in [1.165, 1.54) is 13.3 Å². The fourth-order valence-electron chi connectivity index (χ4n) is 3.45. The van der Waals surface area contributed by atoms with Crippen molar-refractivity contribution in [2.24, 2.45) is 0 Å². The number of aromatic nitrogens is 4. The predicted molar refractivity (Wildman–Crippen MR) is 140 cm³/mol. The molecule has 2 aromatic heterocycles. The summed E-state index contributed by atoms with van der Waals surface area (Å²) < 4.78 is 28.1. The summed E-state index contributed by atoms with van der Waals surface area (Å²) in [5.41, 5.74) is 1.09. The van der Waals surface area contributed by atoms with Crippen LogP contribution in [-0.2, 0) is 25.5 Å². The topological polar surface area (TPSA) is 133 Å². The lowest BCUT2D eigenvalue weighted by Gasteiger charge is -2.25. The van der Waals surface area contributed by atoms with Gasteiger partial charge in [-0.3, -0.25) is 0 Å². The number of fused-ring (bicyclic) bond motifs is 1. The summed E-state index contributed by atoms with van der Waals surface area (Å²) in [6, 6.07) is 7.54. The van der Waals surface area contributed by atoms with E-state index in [1.54, 1.807) is 0 Å². The first-order valence-corrected chi connectivity index (χ1v) is 12.3. The maximum absolute atomic E-state index is 9.68. The van der Waals surface area contributed by atoms with E-state index < -0.39 is 6.41 Å². The summed E-state index contributed by atoms with van der Waals surface area (Å²) >= 11 is 6.43. The Balaban J connectivity index is 1.59. The summed E-state index contributed by atoms with van der Waals surface area (Å²) in [5, 5.41) is 24.5. The number of hydrogen-bond donors (Lipinski definition) is 2. The lowest BCUT2D eigenvalue weighted by Crippen LogP contribution is -2.29. The average molecular weight is 550 g/mol. The van der Waals surface area contributed by atoms with Gasteiger partial charge >= 0.3 is 6.01 Å². The second-order valence-electron chi connectivity index (χ2n) is 7.81. The fourth-order valence-corrected chi connectivity index (χ4v) is 3.65. The van der Waals surface area contributed by atoms with Crippen LogP contribution in [0.4, 0.5) is 5.82 Å². The molecule has 38 heavy (non-hydrogen) atoms. The molecule has 12 nitrogen and oxygen atoms in total. The molecule has 0 atom stereocenters. The third-order valence-electron chi connectivity index (χ3n) is 5.24. The Hall–Kier alpha value is -3.02. The van der Waals surface area contributed by atoms with Gasteiger partial charge in [0, 0.05) is 18.1 Å². The van der Waals surface area contributed by atoms with E-state index in [-0.39, 0.29) is 18.3 Å². The molecule has 0 aliphatic carbocycles. The number of hydrogen-bond acceptors (Lipinski definition) is 11. The highest BCUT2D eigenvalue weighted by atomic mass is 35.5. The van der Waals surface area contributed by atoms with Crippen molar-refractivity contribution in [3.05, 3.63) is 41.0 Å². The highest BCUT2D eigenvalue weighted by Crippen LogP contribution is 2.29. The predicted octanol–water partition coefficient (Wildman–Crippen LogP) is 1.64. The second kappa shape index (κ2) is 16.1.